The summed E-state index contributed by atoms with van der Waals surface area (Å²) >= 11 is 0. The lowest BCUT2D eigenvalue weighted by molar-refractivity contribution is -1.01. The fourth-order valence-electron chi connectivity index (χ4n) is 3.10. The molecule has 2 rings (SSSR count). The molecule has 0 unspecified atom stereocenters. The number of quaternary nitrogens is 2. The first-order chi connectivity index (χ1) is 11.1. The predicted molar refractivity (Wildman–Crippen MR) is 90.2 cm³/mol. The molecule has 5 nitrogen and oxygen atoms in total. The Bertz CT molecular complexity index is 442. The number of hydrogen-bond donors (Lipinski definition) is 4. The van der Waals surface area contributed by atoms with Gasteiger partial charge in [0.25, 0.3) is 0 Å². The summed E-state index contributed by atoms with van der Waals surface area (Å²) in [6, 6.07) is 8.12. The van der Waals surface area contributed by atoms with Crippen LogP contribution in [0.2, 0.25) is 0 Å². The Labute approximate surface area is 139 Å². The normalized spacial score (nSPS) is 23.0. The second kappa shape index (κ2) is 9.23. The lowest BCUT2D eigenvalue weighted by atomic mass is 10.0. The van der Waals surface area contributed by atoms with Gasteiger partial charge in [0.05, 0.1) is 6.61 Å². The molecule has 0 amide bonds. The van der Waals surface area contributed by atoms with E-state index in [0.29, 0.717) is 12.5 Å². The van der Waals surface area contributed by atoms with Crippen molar-refractivity contribution in [1.29, 1.82) is 0 Å². The van der Waals surface area contributed by atoms with Crippen molar-refractivity contribution in [3.05, 3.63) is 29.8 Å². The summed E-state index contributed by atoms with van der Waals surface area (Å²) in [6.45, 7) is 10.8. The van der Waals surface area contributed by atoms with Crippen LogP contribution in [0.3, 0.4) is 0 Å². The highest BCUT2D eigenvalue weighted by Crippen LogP contribution is 2.18. The molecule has 130 valence electrons. The maximum Gasteiger partial charge on any atom is 0.137 e. The lowest BCUT2D eigenvalue weighted by Crippen LogP contribution is -3.28. The highest BCUT2D eigenvalue weighted by molar-refractivity contribution is 5.28. The van der Waals surface area contributed by atoms with E-state index in [1.807, 2.05) is 12.1 Å². The van der Waals surface area contributed by atoms with E-state index in [2.05, 4.69) is 26.0 Å². The molecule has 1 saturated heterocycles. The lowest BCUT2D eigenvalue weighted by Gasteiger charge is -2.30. The molecule has 1 aromatic carbocycles. The van der Waals surface area contributed by atoms with Gasteiger partial charge in [0.1, 0.15) is 57.7 Å². The van der Waals surface area contributed by atoms with E-state index in [9.17, 15) is 5.11 Å². The first-order valence-electron chi connectivity index (χ1n) is 8.77. The van der Waals surface area contributed by atoms with Gasteiger partial charge in [-0.1, -0.05) is 26.0 Å². The van der Waals surface area contributed by atoms with Gasteiger partial charge in [0.2, 0.25) is 0 Å². The van der Waals surface area contributed by atoms with Crippen molar-refractivity contribution in [3.8, 4) is 5.75 Å². The molecule has 4 N–H and O–H groups in total. The Morgan fingerprint density at radius 1 is 1.04 bits per heavy atom. The first-order valence-corrected chi connectivity index (χ1v) is 8.77. The molecule has 1 aromatic rings. The van der Waals surface area contributed by atoms with E-state index in [4.69, 9.17) is 9.84 Å². The van der Waals surface area contributed by atoms with Gasteiger partial charge in [-0.3, -0.25) is 0 Å². The summed E-state index contributed by atoms with van der Waals surface area (Å²) in [4.78, 5) is 2.89. The van der Waals surface area contributed by atoms with E-state index in [1.165, 1.54) is 15.4 Å². The molecule has 1 atom stereocenters. The predicted octanol–water partition coefficient (Wildman–Crippen LogP) is -1.67. The molecule has 0 aromatic heterocycles. The molecule has 0 radical (unpaired) electrons. The van der Waals surface area contributed by atoms with Gasteiger partial charge in [-0.2, -0.15) is 0 Å². The minimum atomic E-state index is -0.436. The van der Waals surface area contributed by atoms with Gasteiger partial charge in [-0.25, -0.2) is 0 Å². The summed E-state index contributed by atoms with van der Waals surface area (Å²) in [5.74, 6) is 1.34. The van der Waals surface area contributed by atoms with Gasteiger partial charge >= 0.3 is 0 Å². The molecule has 0 spiro atoms. The SMILES string of the molecule is CC(C)c1ccc(OC[C@@H](O)C[NH+]2CC[NH+](CCO)CC2)cc1. The molecule has 1 fully saturated rings. The summed E-state index contributed by atoms with van der Waals surface area (Å²) in [7, 11) is 0. The Morgan fingerprint density at radius 3 is 2.22 bits per heavy atom. The number of rotatable bonds is 8. The van der Waals surface area contributed by atoms with E-state index < -0.39 is 6.10 Å². The van der Waals surface area contributed by atoms with Crippen molar-refractivity contribution >= 4 is 0 Å². The monoisotopic (exact) mass is 324 g/mol. The minimum absolute atomic E-state index is 0.261. The smallest absolute Gasteiger partial charge is 0.137 e. The molecule has 0 saturated carbocycles. The third-order valence-corrected chi connectivity index (χ3v) is 4.64. The molecule has 0 aliphatic carbocycles. The van der Waals surface area contributed by atoms with Gasteiger partial charge in [-0.15, -0.1) is 0 Å². The van der Waals surface area contributed by atoms with E-state index in [1.54, 1.807) is 0 Å². The number of benzene rings is 1. The van der Waals surface area contributed by atoms with Crippen LogP contribution in [-0.2, 0) is 0 Å². The maximum atomic E-state index is 10.2. The topological polar surface area (TPSA) is 58.6 Å². The van der Waals surface area contributed by atoms with Gasteiger partial charge in [0, 0.05) is 0 Å². The van der Waals surface area contributed by atoms with E-state index in [-0.39, 0.29) is 6.61 Å². The van der Waals surface area contributed by atoms with Gasteiger partial charge in [0.15, 0.2) is 0 Å². The van der Waals surface area contributed by atoms with Crippen molar-refractivity contribution in [2.75, 3.05) is 52.5 Å². The van der Waals surface area contributed by atoms with E-state index in [0.717, 1.165) is 45.0 Å². The zero-order valence-corrected chi connectivity index (χ0v) is 14.4. The van der Waals surface area contributed by atoms with Crippen LogP contribution in [0.5, 0.6) is 5.75 Å². The average molecular weight is 324 g/mol. The van der Waals surface area contributed by atoms with Crippen LogP contribution in [0.4, 0.5) is 0 Å². The Hall–Kier alpha value is -1.14. The number of aliphatic hydroxyl groups is 2. The fraction of sp³-hybridized carbons (Fsp3) is 0.667. The summed E-state index contributed by atoms with van der Waals surface area (Å²) in [5, 5.41) is 19.2. The van der Waals surface area contributed by atoms with Gasteiger partial charge < -0.3 is 24.7 Å². The van der Waals surface area contributed by atoms with Crippen LogP contribution >= 0.6 is 0 Å². The number of aliphatic hydroxyl groups excluding tert-OH is 2. The standard InChI is InChI=1S/C18H30N2O3/c1-15(2)16-3-5-18(6-4-16)23-14-17(22)13-20-9-7-19(8-10-20)11-12-21/h3-6,15,17,21-22H,7-14H2,1-2H3/p+2/t17-/m0/s1. The van der Waals surface area contributed by atoms with Crippen molar-refractivity contribution < 1.29 is 24.7 Å². The van der Waals surface area contributed by atoms with Crippen LogP contribution < -0.4 is 14.5 Å². The molecule has 0 bridgehead atoms. The van der Waals surface area contributed by atoms with Crippen LogP contribution in [0.1, 0.15) is 25.3 Å². The number of hydrogen-bond acceptors (Lipinski definition) is 3. The fourth-order valence-corrected chi connectivity index (χ4v) is 3.10. The number of nitrogens with one attached hydrogen (secondary N) is 2. The summed E-state index contributed by atoms with van der Waals surface area (Å²) < 4.78 is 5.70. The molecule has 1 aliphatic rings. The quantitative estimate of drug-likeness (QED) is 0.462. The second-order valence-electron chi connectivity index (χ2n) is 6.87. The highest BCUT2D eigenvalue weighted by atomic mass is 16.5. The van der Waals surface area contributed by atoms with E-state index >= 15 is 0 Å². The second-order valence-corrected chi connectivity index (χ2v) is 6.87. The summed E-state index contributed by atoms with van der Waals surface area (Å²) in [5.41, 5.74) is 1.30. The Morgan fingerprint density at radius 2 is 1.65 bits per heavy atom. The van der Waals surface area contributed by atoms with Crippen LogP contribution in [0.15, 0.2) is 24.3 Å². The average Bonchev–Trinajstić information content (AvgIpc) is 2.55. The van der Waals surface area contributed by atoms with Crippen LogP contribution in [0.25, 0.3) is 0 Å². The van der Waals surface area contributed by atoms with Crippen LogP contribution in [-0.4, -0.2) is 68.8 Å². The Kier molecular flexibility index (Phi) is 7.30. The first kappa shape index (κ1) is 18.2. The third-order valence-electron chi connectivity index (χ3n) is 4.64. The van der Waals surface area contributed by atoms with Crippen molar-refractivity contribution in [3.63, 3.8) is 0 Å². The molecule has 1 aliphatic heterocycles. The molecular weight excluding hydrogens is 292 g/mol. The van der Waals surface area contributed by atoms with Crippen molar-refractivity contribution in [1.82, 2.24) is 0 Å². The third kappa shape index (κ3) is 6.11. The zero-order chi connectivity index (χ0) is 16.7. The highest BCUT2D eigenvalue weighted by Gasteiger charge is 2.24. The molecule has 1 heterocycles. The number of piperazine rings is 1. The molecule has 23 heavy (non-hydrogen) atoms. The number of ether oxygens (including phenoxy) is 1. The largest absolute Gasteiger partial charge is 0.491 e. The Balaban J connectivity index is 1.68. The minimum Gasteiger partial charge on any atom is -0.491 e. The zero-order valence-electron chi connectivity index (χ0n) is 14.4. The molecular formula is C18H32N2O3+2. The maximum absolute atomic E-state index is 10.2. The summed E-state index contributed by atoms with van der Waals surface area (Å²) in [6.07, 6.45) is -0.436. The van der Waals surface area contributed by atoms with Gasteiger partial charge in [-0.05, 0) is 23.6 Å². The van der Waals surface area contributed by atoms with Crippen molar-refractivity contribution in [2.45, 2.75) is 25.9 Å². The van der Waals surface area contributed by atoms with Crippen molar-refractivity contribution in [2.24, 2.45) is 0 Å². The molecule has 5 heteroatoms. The van der Waals surface area contributed by atoms with Crippen LogP contribution in [0, 0.1) is 0 Å².